The zero-order valence-corrected chi connectivity index (χ0v) is 15.3. The van der Waals surface area contributed by atoms with Gasteiger partial charge in [0.05, 0.1) is 6.10 Å². The van der Waals surface area contributed by atoms with E-state index >= 15 is 0 Å². The highest BCUT2D eigenvalue weighted by molar-refractivity contribution is 5.94. The molecule has 1 saturated heterocycles. The molecule has 1 aromatic carbocycles. The summed E-state index contributed by atoms with van der Waals surface area (Å²) in [5, 5.41) is 13.1. The fourth-order valence-electron chi connectivity index (χ4n) is 3.83. The highest BCUT2D eigenvalue weighted by atomic mass is 16.3. The van der Waals surface area contributed by atoms with E-state index in [4.69, 9.17) is 0 Å². The van der Waals surface area contributed by atoms with Gasteiger partial charge in [0.2, 0.25) is 0 Å². The van der Waals surface area contributed by atoms with Crippen LogP contribution in [0, 0.1) is 5.92 Å². The lowest BCUT2D eigenvalue weighted by Gasteiger charge is -2.32. The van der Waals surface area contributed by atoms with Crippen LogP contribution in [0.1, 0.15) is 41.6 Å². The second kappa shape index (κ2) is 8.79. The lowest BCUT2D eigenvalue weighted by atomic mass is 9.86. The van der Waals surface area contributed by atoms with Crippen LogP contribution in [0.25, 0.3) is 0 Å². The van der Waals surface area contributed by atoms with Crippen LogP contribution < -0.4 is 5.32 Å². The van der Waals surface area contributed by atoms with Gasteiger partial charge >= 0.3 is 0 Å². The summed E-state index contributed by atoms with van der Waals surface area (Å²) < 4.78 is 0. The fraction of sp³-hybridized carbons (Fsp3) is 0.650. The highest BCUT2D eigenvalue weighted by Crippen LogP contribution is 2.23. The van der Waals surface area contributed by atoms with Gasteiger partial charge in [-0.2, -0.15) is 0 Å². The first-order valence-corrected chi connectivity index (χ1v) is 9.58. The van der Waals surface area contributed by atoms with Crippen LogP contribution in [0.5, 0.6) is 0 Å². The van der Waals surface area contributed by atoms with Crippen LogP contribution in [0.3, 0.4) is 0 Å². The van der Waals surface area contributed by atoms with Crippen molar-refractivity contribution in [3.63, 3.8) is 0 Å². The summed E-state index contributed by atoms with van der Waals surface area (Å²) in [7, 11) is 2.16. The predicted molar refractivity (Wildman–Crippen MR) is 99.5 cm³/mol. The largest absolute Gasteiger partial charge is 0.393 e. The van der Waals surface area contributed by atoms with Crippen molar-refractivity contribution in [2.45, 2.75) is 38.3 Å². The van der Waals surface area contributed by atoms with Crippen LogP contribution in [-0.2, 0) is 6.54 Å². The van der Waals surface area contributed by atoms with Gasteiger partial charge in [0.15, 0.2) is 0 Å². The molecular formula is C20H31N3O2. The van der Waals surface area contributed by atoms with Gasteiger partial charge in [-0.05, 0) is 37.6 Å². The molecule has 1 aliphatic carbocycles. The number of aliphatic hydroxyl groups is 1. The molecule has 2 fully saturated rings. The van der Waals surface area contributed by atoms with Crippen molar-refractivity contribution in [2.24, 2.45) is 5.92 Å². The average molecular weight is 345 g/mol. The highest BCUT2D eigenvalue weighted by Gasteiger charge is 2.23. The van der Waals surface area contributed by atoms with Crippen LogP contribution in [0.15, 0.2) is 24.3 Å². The zero-order valence-electron chi connectivity index (χ0n) is 15.3. The van der Waals surface area contributed by atoms with Crippen LogP contribution in [0.2, 0.25) is 0 Å². The number of piperazine rings is 1. The van der Waals surface area contributed by atoms with E-state index in [9.17, 15) is 9.90 Å². The molecule has 1 aliphatic heterocycles. The van der Waals surface area contributed by atoms with Gasteiger partial charge in [0.25, 0.3) is 5.91 Å². The van der Waals surface area contributed by atoms with Crippen LogP contribution in [0.4, 0.5) is 0 Å². The summed E-state index contributed by atoms with van der Waals surface area (Å²) in [6, 6.07) is 7.95. The molecule has 2 atom stereocenters. The minimum atomic E-state index is -0.266. The van der Waals surface area contributed by atoms with Crippen molar-refractivity contribution in [3.8, 4) is 0 Å². The molecule has 0 radical (unpaired) electrons. The number of carbonyl (C=O) groups excluding carboxylic acids is 1. The van der Waals surface area contributed by atoms with Crippen molar-refractivity contribution in [1.82, 2.24) is 15.1 Å². The minimum absolute atomic E-state index is 0.0296. The first-order valence-electron chi connectivity index (χ1n) is 9.58. The Balaban J connectivity index is 1.52. The monoisotopic (exact) mass is 345 g/mol. The molecule has 1 amide bonds. The van der Waals surface area contributed by atoms with Gasteiger partial charge in [0.1, 0.15) is 0 Å². The van der Waals surface area contributed by atoms with Crippen LogP contribution >= 0.6 is 0 Å². The quantitative estimate of drug-likeness (QED) is 0.853. The summed E-state index contributed by atoms with van der Waals surface area (Å²) in [6.45, 7) is 5.83. The Labute approximate surface area is 151 Å². The molecule has 1 saturated carbocycles. The minimum Gasteiger partial charge on any atom is -0.393 e. The molecular weight excluding hydrogens is 314 g/mol. The molecule has 138 valence electrons. The molecule has 1 heterocycles. The van der Waals surface area contributed by atoms with Crippen molar-refractivity contribution >= 4 is 5.91 Å². The van der Waals surface area contributed by atoms with Gasteiger partial charge in [-0.25, -0.2) is 0 Å². The lowest BCUT2D eigenvalue weighted by molar-refractivity contribution is 0.0663. The normalized spacial score (nSPS) is 25.7. The van der Waals surface area contributed by atoms with E-state index in [2.05, 4.69) is 28.2 Å². The number of nitrogens with one attached hydrogen (secondary N) is 1. The number of aliphatic hydroxyl groups excluding tert-OH is 1. The molecule has 25 heavy (non-hydrogen) atoms. The molecule has 5 heteroatoms. The third-order valence-corrected chi connectivity index (χ3v) is 5.59. The Morgan fingerprint density at radius 2 is 1.96 bits per heavy atom. The summed E-state index contributed by atoms with van der Waals surface area (Å²) in [6.07, 6.45) is 3.85. The Morgan fingerprint density at radius 1 is 1.20 bits per heavy atom. The van der Waals surface area contributed by atoms with E-state index < -0.39 is 0 Å². The summed E-state index contributed by atoms with van der Waals surface area (Å²) in [5.41, 5.74) is 1.91. The lowest BCUT2D eigenvalue weighted by Crippen LogP contribution is -2.43. The number of nitrogens with zero attached hydrogens (tertiary/aromatic N) is 2. The number of carbonyl (C=O) groups is 1. The molecule has 5 nitrogen and oxygen atoms in total. The van der Waals surface area contributed by atoms with Gasteiger partial charge in [-0.1, -0.05) is 25.0 Å². The van der Waals surface area contributed by atoms with Gasteiger partial charge in [-0.15, -0.1) is 0 Å². The second-order valence-corrected chi connectivity index (χ2v) is 7.60. The Kier molecular flexibility index (Phi) is 6.45. The molecule has 2 aliphatic rings. The standard InChI is InChI=1S/C20H31N3O2/c1-22-9-11-23(12-10-22)15-16-5-4-7-17(13-16)20(25)21-14-18-6-2-3-8-19(18)24/h4-5,7,13,18-19,24H,2-3,6,8-12,14-15H2,1H3,(H,21,25)/t18-,19-/m0/s1. The Bertz CT molecular complexity index is 570. The maximum atomic E-state index is 12.5. The van der Waals surface area contributed by atoms with E-state index in [1.807, 2.05) is 18.2 Å². The first-order chi connectivity index (χ1) is 12.1. The molecule has 2 N–H and O–H groups in total. The van der Waals surface area contributed by atoms with E-state index in [1.54, 1.807) is 0 Å². The SMILES string of the molecule is CN1CCN(Cc2cccc(C(=O)NC[C@@H]3CCCC[C@@H]3O)c2)CC1. The zero-order chi connectivity index (χ0) is 17.6. The van der Waals surface area contributed by atoms with E-state index in [0.29, 0.717) is 6.54 Å². The van der Waals surface area contributed by atoms with Crippen molar-refractivity contribution in [1.29, 1.82) is 0 Å². The van der Waals surface area contributed by atoms with Crippen molar-refractivity contribution in [2.75, 3.05) is 39.8 Å². The third kappa shape index (κ3) is 5.27. The molecule has 0 spiro atoms. The topological polar surface area (TPSA) is 55.8 Å². The summed E-state index contributed by atoms with van der Waals surface area (Å²) in [5.74, 6) is 0.171. The van der Waals surface area contributed by atoms with E-state index in [-0.39, 0.29) is 17.9 Å². The van der Waals surface area contributed by atoms with E-state index in [0.717, 1.165) is 64.0 Å². The molecule has 0 aromatic heterocycles. The van der Waals surface area contributed by atoms with Gasteiger partial charge < -0.3 is 15.3 Å². The van der Waals surface area contributed by atoms with Gasteiger partial charge in [0, 0.05) is 50.7 Å². The molecule has 0 bridgehead atoms. The number of hydrogen-bond acceptors (Lipinski definition) is 4. The average Bonchev–Trinajstić information content (AvgIpc) is 2.63. The second-order valence-electron chi connectivity index (χ2n) is 7.60. The van der Waals surface area contributed by atoms with Crippen molar-refractivity contribution in [3.05, 3.63) is 35.4 Å². The van der Waals surface area contributed by atoms with E-state index in [1.165, 1.54) is 5.56 Å². The fourth-order valence-corrected chi connectivity index (χ4v) is 3.83. The number of likely N-dealkylation sites (N-methyl/N-ethyl adjacent to an activating group) is 1. The number of hydrogen-bond donors (Lipinski definition) is 2. The van der Waals surface area contributed by atoms with Crippen molar-refractivity contribution < 1.29 is 9.90 Å². The Morgan fingerprint density at radius 3 is 2.72 bits per heavy atom. The third-order valence-electron chi connectivity index (χ3n) is 5.59. The molecule has 1 aromatic rings. The number of benzene rings is 1. The maximum Gasteiger partial charge on any atom is 0.251 e. The summed E-state index contributed by atoms with van der Waals surface area (Å²) >= 11 is 0. The number of rotatable bonds is 5. The van der Waals surface area contributed by atoms with Crippen LogP contribution in [-0.4, -0.2) is 66.7 Å². The van der Waals surface area contributed by atoms with Gasteiger partial charge in [-0.3, -0.25) is 9.69 Å². The smallest absolute Gasteiger partial charge is 0.251 e. The summed E-state index contributed by atoms with van der Waals surface area (Å²) in [4.78, 5) is 17.3. The predicted octanol–water partition coefficient (Wildman–Crippen LogP) is 1.71. The first kappa shape index (κ1) is 18.4. The Hall–Kier alpha value is -1.43. The number of amides is 1. The molecule has 3 rings (SSSR count). The molecule has 0 unspecified atom stereocenters. The maximum absolute atomic E-state index is 12.5.